The zero-order valence-corrected chi connectivity index (χ0v) is 16.5. The number of hydrogen-bond acceptors (Lipinski definition) is 3. The number of ether oxygens (including phenoxy) is 1. The number of carbonyl (C=O) groups is 1. The van der Waals surface area contributed by atoms with E-state index in [2.05, 4.69) is 0 Å². The first kappa shape index (κ1) is 18.2. The third-order valence-electron chi connectivity index (χ3n) is 3.10. The standard InChI is InChI=1S/C14H16Cl4O3Si/c1-22(2,3)21-14-11(17)9(15)13(10(16)12(14)18)20-8-6-4-5-7(8)19/h8H,4-6H2,1-3H3. The summed E-state index contributed by atoms with van der Waals surface area (Å²) in [5.41, 5.74) is 0. The van der Waals surface area contributed by atoms with E-state index in [1.807, 2.05) is 19.6 Å². The lowest BCUT2D eigenvalue weighted by Gasteiger charge is -2.24. The molecule has 1 aromatic carbocycles. The van der Waals surface area contributed by atoms with Crippen molar-refractivity contribution in [2.75, 3.05) is 0 Å². The summed E-state index contributed by atoms with van der Waals surface area (Å²) in [5.74, 6) is 0.436. The van der Waals surface area contributed by atoms with Gasteiger partial charge in [-0.1, -0.05) is 46.4 Å². The first-order valence-corrected chi connectivity index (χ1v) is 11.8. The molecule has 8 heteroatoms. The molecule has 1 atom stereocenters. The van der Waals surface area contributed by atoms with E-state index in [0.717, 1.165) is 6.42 Å². The lowest BCUT2D eigenvalue weighted by atomic mass is 10.2. The summed E-state index contributed by atoms with van der Waals surface area (Å²) in [7, 11) is -1.95. The Hall–Kier alpha value is -0.133. The Morgan fingerprint density at radius 2 is 1.45 bits per heavy atom. The molecule has 0 spiro atoms. The molecule has 0 saturated heterocycles. The van der Waals surface area contributed by atoms with Crippen LogP contribution < -0.4 is 9.16 Å². The van der Waals surface area contributed by atoms with Crippen LogP contribution in [0.5, 0.6) is 11.5 Å². The maximum atomic E-state index is 11.7. The molecule has 1 aliphatic carbocycles. The molecule has 22 heavy (non-hydrogen) atoms. The highest BCUT2D eigenvalue weighted by atomic mass is 35.5. The monoisotopic (exact) mass is 400 g/mol. The minimum atomic E-state index is -1.95. The highest BCUT2D eigenvalue weighted by molar-refractivity contribution is 6.70. The number of rotatable bonds is 4. The summed E-state index contributed by atoms with van der Waals surface area (Å²) in [6, 6.07) is 0. The van der Waals surface area contributed by atoms with Crippen molar-refractivity contribution in [1.82, 2.24) is 0 Å². The van der Waals surface area contributed by atoms with Crippen molar-refractivity contribution < 1.29 is 14.0 Å². The molecular formula is C14H16Cl4O3Si. The largest absolute Gasteiger partial charge is 0.542 e. The van der Waals surface area contributed by atoms with E-state index in [9.17, 15) is 4.79 Å². The summed E-state index contributed by atoms with van der Waals surface area (Å²) in [4.78, 5) is 11.7. The lowest BCUT2D eigenvalue weighted by molar-refractivity contribution is -0.123. The molecule has 0 bridgehead atoms. The topological polar surface area (TPSA) is 35.5 Å². The third kappa shape index (κ3) is 3.85. The fourth-order valence-electron chi connectivity index (χ4n) is 2.14. The van der Waals surface area contributed by atoms with E-state index in [1.165, 1.54) is 0 Å². The average molecular weight is 402 g/mol. The van der Waals surface area contributed by atoms with Gasteiger partial charge in [0.2, 0.25) is 8.32 Å². The van der Waals surface area contributed by atoms with Crippen LogP contribution in [0.4, 0.5) is 0 Å². The molecule has 0 N–H and O–H groups in total. The van der Waals surface area contributed by atoms with Crippen LogP contribution in [-0.4, -0.2) is 20.2 Å². The molecule has 1 saturated carbocycles. The van der Waals surface area contributed by atoms with Crippen molar-refractivity contribution in [2.45, 2.75) is 45.0 Å². The van der Waals surface area contributed by atoms with Crippen LogP contribution in [0.2, 0.25) is 39.7 Å². The number of carbonyl (C=O) groups excluding carboxylic acids is 1. The number of Topliss-reactive ketones (excluding diaryl/α,β-unsaturated/α-hetero) is 1. The van der Waals surface area contributed by atoms with E-state index in [0.29, 0.717) is 12.8 Å². The summed E-state index contributed by atoms with van der Waals surface area (Å²) < 4.78 is 11.5. The second-order valence-corrected chi connectivity index (χ2v) is 12.0. The summed E-state index contributed by atoms with van der Waals surface area (Å²) in [5, 5.41) is 0.533. The van der Waals surface area contributed by atoms with Crippen LogP contribution in [0, 0.1) is 0 Å². The number of halogens is 4. The number of hydrogen-bond donors (Lipinski definition) is 0. The molecule has 0 heterocycles. The maximum absolute atomic E-state index is 11.7. The molecule has 0 radical (unpaired) electrons. The van der Waals surface area contributed by atoms with Gasteiger partial charge in [-0.3, -0.25) is 4.79 Å². The fraction of sp³-hybridized carbons (Fsp3) is 0.500. The minimum Gasteiger partial charge on any atom is -0.542 e. The van der Waals surface area contributed by atoms with Gasteiger partial charge in [-0.05, 0) is 32.5 Å². The van der Waals surface area contributed by atoms with E-state index < -0.39 is 14.4 Å². The normalized spacial score (nSPS) is 18.7. The van der Waals surface area contributed by atoms with Gasteiger partial charge in [0, 0.05) is 6.42 Å². The smallest absolute Gasteiger partial charge is 0.242 e. The van der Waals surface area contributed by atoms with Crippen LogP contribution in [-0.2, 0) is 4.79 Å². The molecule has 122 valence electrons. The Morgan fingerprint density at radius 1 is 0.955 bits per heavy atom. The summed E-state index contributed by atoms with van der Waals surface area (Å²) in [6.07, 6.45) is 1.37. The van der Waals surface area contributed by atoms with Crippen LogP contribution in [0.15, 0.2) is 0 Å². The van der Waals surface area contributed by atoms with Crippen molar-refractivity contribution >= 4 is 60.5 Å². The summed E-state index contributed by atoms with van der Waals surface area (Å²) >= 11 is 25.0. The summed E-state index contributed by atoms with van der Waals surface area (Å²) in [6.45, 7) is 5.97. The van der Waals surface area contributed by atoms with Crippen molar-refractivity contribution in [3.05, 3.63) is 20.1 Å². The molecule has 1 fully saturated rings. The predicted octanol–water partition coefficient (Wildman–Crippen LogP) is 6.01. The average Bonchev–Trinajstić information content (AvgIpc) is 2.82. The van der Waals surface area contributed by atoms with Gasteiger partial charge in [-0.2, -0.15) is 0 Å². The zero-order valence-electron chi connectivity index (χ0n) is 12.4. The van der Waals surface area contributed by atoms with Crippen LogP contribution in [0.25, 0.3) is 0 Å². The Labute approximate surface area is 150 Å². The van der Waals surface area contributed by atoms with Crippen molar-refractivity contribution in [3.63, 3.8) is 0 Å². The van der Waals surface area contributed by atoms with Gasteiger partial charge < -0.3 is 9.16 Å². The fourth-order valence-corrected chi connectivity index (χ4v) is 4.07. The minimum absolute atomic E-state index is 0.0294. The zero-order chi connectivity index (χ0) is 16.7. The van der Waals surface area contributed by atoms with E-state index in [1.54, 1.807) is 0 Å². The van der Waals surface area contributed by atoms with E-state index >= 15 is 0 Å². The van der Waals surface area contributed by atoms with E-state index in [4.69, 9.17) is 55.6 Å². The molecule has 0 aromatic heterocycles. The molecule has 0 amide bonds. The Balaban J connectivity index is 2.42. The van der Waals surface area contributed by atoms with Gasteiger partial charge in [-0.15, -0.1) is 0 Å². The quantitative estimate of drug-likeness (QED) is 0.457. The second-order valence-electron chi connectivity index (χ2n) is 6.09. The van der Waals surface area contributed by atoms with Crippen molar-refractivity contribution in [3.8, 4) is 11.5 Å². The maximum Gasteiger partial charge on any atom is 0.242 e. The molecule has 1 aromatic rings. The molecular weight excluding hydrogens is 386 g/mol. The third-order valence-corrected chi connectivity index (χ3v) is 5.55. The SMILES string of the molecule is C[Si](C)(C)Oc1c(Cl)c(Cl)c(OC2CCCC2=O)c(Cl)c1Cl. The molecule has 3 nitrogen and oxygen atoms in total. The second kappa shape index (κ2) is 6.77. The van der Waals surface area contributed by atoms with E-state index in [-0.39, 0.29) is 37.4 Å². The Bertz CT molecular complexity index is 584. The first-order valence-electron chi connectivity index (χ1n) is 6.86. The lowest BCUT2D eigenvalue weighted by Crippen LogP contribution is -2.29. The highest BCUT2D eigenvalue weighted by Crippen LogP contribution is 2.51. The molecule has 1 unspecified atom stereocenters. The Morgan fingerprint density at radius 3 is 1.86 bits per heavy atom. The van der Waals surface area contributed by atoms with Crippen LogP contribution in [0.3, 0.4) is 0 Å². The predicted molar refractivity (Wildman–Crippen MR) is 93.7 cm³/mol. The first-order chi connectivity index (χ1) is 10.1. The van der Waals surface area contributed by atoms with Crippen LogP contribution in [0.1, 0.15) is 19.3 Å². The molecule has 2 rings (SSSR count). The van der Waals surface area contributed by atoms with Crippen molar-refractivity contribution in [1.29, 1.82) is 0 Å². The molecule has 0 aliphatic heterocycles. The Kier molecular flexibility index (Phi) is 5.61. The van der Waals surface area contributed by atoms with Gasteiger partial charge in [0.25, 0.3) is 0 Å². The van der Waals surface area contributed by atoms with Crippen molar-refractivity contribution in [2.24, 2.45) is 0 Å². The number of ketones is 1. The highest BCUT2D eigenvalue weighted by Gasteiger charge is 2.31. The van der Waals surface area contributed by atoms with Gasteiger partial charge in [0.1, 0.15) is 25.8 Å². The van der Waals surface area contributed by atoms with Gasteiger partial charge >= 0.3 is 0 Å². The van der Waals surface area contributed by atoms with Gasteiger partial charge in [0.05, 0.1) is 0 Å². The van der Waals surface area contributed by atoms with Gasteiger partial charge in [0.15, 0.2) is 17.6 Å². The number of benzene rings is 1. The van der Waals surface area contributed by atoms with Crippen LogP contribution >= 0.6 is 46.4 Å². The van der Waals surface area contributed by atoms with Gasteiger partial charge in [-0.25, -0.2) is 0 Å². The molecule has 1 aliphatic rings.